The van der Waals surface area contributed by atoms with Crippen LogP contribution in [0.25, 0.3) is 10.6 Å². The molecule has 0 unspecified atom stereocenters. The summed E-state index contributed by atoms with van der Waals surface area (Å²) in [6.07, 6.45) is 2.39. The molecule has 1 aliphatic heterocycles. The summed E-state index contributed by atoms with van der Waals surface area (Å²) < 4.78 is 10.1. The van der Waals surface area contributed by atoms with Crippen LogP contribution in [0.15, 0.2) is 84.5 Å². The summed E-state index contributed by atoms with van der Waals surface area (Å²) in [5.74, 6) is -0.448. The Morgan fingerprint density at radius 2 is 1.70 bits per heavy atom. The Morgan fingerprint density at radius 3 is 2.33 bits per heavy atom. The van der Waals surface area contributed by atoms with Gasteiger partial charge in [0.05, 0.1) is 38.6 Å². The second-order valence-corrected chi connectivity index (χ2v) is 17.0. The van der Waals surface area contributed by atoms with Gasteiger partial charge in [0, 0.05) is 49.5 Å². The Labute approximate surface area is 356 Å². The number of carbonyl (C=O) groups is 4. The third-order valence-corrected chi connectivity index (χ3v) is 11.5. The lowest BCUT2D eigenvalue weighted by atomic mass is 9.86. The first-order chi connectivity index (χ1) is 28.7. The highest BCUT2D eigenvalue weighted by Crippen LogP contribution is 2.27. The zero-order valence-corrected chi connectivity index (χ0v) is 36.3. The van der Waals surface area contributed by atoms with Crippen LogP contribution in [-0.4, -0.2) is 112 Å². The third-order valence-electron chi connectivity index (χ3n) is 10.6. The molecule has 322 valence electrons. The first-order valence-electron chi connectivity index (χ1n) is 20.2. The average Bonchev–Trinajstić information content (AvgIpc) is 3.86. The fourth-order valence-electron chi connectivity index (χ4n) is 7.08. The molecule has 1 fully saturated rings. The van der Waals surface area contributed by atoms with Crippen LogP contribution in [0, 0.1) is 11.3 Å². The molecule has 5 amide bonds. The number of methoxy groups -OCH3 is 2. The van der Waals surface area contributed by atoms with E-state index in [4.69, 9.17) is 14.5 Å². The number of thiazole rings is 1. The van der Waals surface area contributed by atoms with Crippen molar-refractivity contribution in [3.63, 3.8) is 0 Å². The first-order valence-corrected chi connectivity index (χ1v) is 21.0. The van der Waals surface area contributed by atoms with Crippen LogP contribution in [-0.2, 0) is 33.8 Å². The number of benzene rings is 2. The minimum Gasteiger partial charge on any atom is -0.497 e. The van der Waals surface area contributed by atoms with E-state index in [0.717, 1.165) is 27.4 Å². The molecule has 0 aliphatic carbocycles. The molecule has 3 heterocycles. The van der Waals surface area contributed by atoms with E-state index in [-0.39, 0.29) is 37.4 Å². The van der Waals surface area contributed by atoms with Crippen LogP contribution in [0.3, 0.4) is 0 Å². The number of amides is 5. The van der Waals surface area contributed by atoms with Gasteiger partial charge in [-0.3, -0.25) is 20.0 Å². The predicted octanol–water partition coefficient (Wildman–Crippen LogP) is 5.26. The maximum Gasteiger partial charge on any atom is 0.407 e. The number of ether oxygens (including phenoxy) is 2. The molecule has 0 spiro atoms. The lowest BCUT2D eigenvalue weighted by Gasteiger charge is -2.36. The SMILES string of the molecule is CC[C@H](C)[C@@H](C(=O)N[C@@H](Cc1ccccc1)[C@@H](O)CN(Cc1ccc(OC)cc1)NC(=O)[C@@H](NC(=O)OC)C(C)(C)C)N1CCN(Cc2csc(-c3cccnc3)n2)C1=O. The van der Waals surface area contributed by atoms with Crippen molar-refractivity contribution in [3.8, 4) is 16.3 Å². The van der Waals surface area contributed by atoms with E-state index in [1.165, 1.54) is 18.4 Å². The molecule has 1 aliphatic rings. The Morgan fingerprint density at radius 1 is 0.967 bits per heavy atom. The van der Waals surface area contributed by atoms with Crippen LogP contribution in [0.1, 0.15) is 57.9 Å². The van der Waals surface area contributed by atoms with Crippen LogP contribution >= 0.6 is 11.3 Å². The molecule has 2 aromatic carbocycles. The third kappa shape index (κ3) is 12.2. The fraction of sp³-hybridized carbons (Fsp3) is 0.455. The molecule has 2 aromatic heterocycles. The molecular weight excluding hydrogens is 785 g/mol. The van der Waals surface area contributed by atoms with E-state index in [0.29, 0.717) is 31.8 Å². The molecular formula is C44H58N8O7S. The van der Waals surface area contributed by atoms with E-state index in [1.807, 2.05) is 94.6 Å². The van der Waals surface area contributed by atoms with Crippen LogP contribution < -0.4 is 20.8 Å². The van der Waals surface area contributed by atoms with Gasteiger partial charge >= 0.3 is 12.1 Å². The molecule has 0 saturated carbocycles. The molecule has 16 heteroatoms. The van der Waals surface area contributed by atoms with Crippen molar-refractivity contribution in [1.82, 2.24) is 40.8 Å². The number of rotatable bonds is 19. The number of urea groups is 1. The van der Waals surface area contributed by atoms with E-state index in [2.05, 4.69) is 21.0 Å². The number of aliphatic hydroxyl groups excluding tert-OH is 1. The minimum absolute atomic E-state index is 0.107. The number of hydrazine groups is 1. The number of aliphatic hydroxyl groups is 1. The summed E-state index contributed by atoms with van der Waals surface area (Å²) in [5, 5.41) is 22.2. The summed E-state index contributed by atoms with van der Waals surface area (Å²) in [6, 6.07) is 17.7. The van der Waals surface area contributed by atoms with Crippen molar-refractivity contribution in [2.24, 2.45) is 11.3 Å². The van der Waals surface area contributed by atoms with Gasteiger partial charge < -0.3 is 35.0 Å². The Hall–Kier alpha value is -5.58. The Kier molecular flexibility index (Phi) is 16.0. The average molecular weight is 843 g/mol. The smallest absolute Gasteiger partial charge is 0.407 e. The van der Waals surface area contributed by atoms with Gasteiger partial charge in [-0.05, 0) is 53.1 Å². The van der Waals surface area contributed by atoms with E-state index < -0.39 is 41.6 Å². The van der Waals surface area contributed by atoms with Crippen molar-refractivity contribution in [1.29, 1.82) is 0 Å². The highest BCUT2D eigenvalue weighted by molar-refractivity contribution is 7.13. The Bertz CT molecular complexity index is 2010. The number of alkyl carbamates (subject to hydrolysis) is 1. The zero-order chi connectivity index (χ0) is 43.4. The van der Waals surface area contributed by atoms with E-state index >= 15 is 0 Å². The van der Waals surface area contributed by atoms with Crippen molar-refractivity contribution in [2.75, 3.05) is 33.9 Å². The maximum atomic E-state index is 14.6. The topological polar surface area (TPSA) is 179 Å². The molecule has 15 nitrogen and oxygen atoms in total. The van der Waals surface area contributed by atoms with Gasteiger partial charge in [0.15, 0.2) is 0 Å². The predicted molar refractivity (Wildman–Crippen MR) is 230 cm³/mol. The molecule has 1 saturated heterocycles. The lowest BCUT2D eigenvalue weighted by molar-refractivity contribution is -0.132. The number of hydrogen-bond acceptors (Lipinski definition) is 11. The molecule has 0 bridgehead atoms. The molecule has 5 atom stereocenters. The standard InChI is InChI=1S/C44H58N8O7S/c1-8-29(2)37(52-22-21-50(43(52)57)26-33-28-60-41(46-33)32-15-12-20-45-24-32)39(54)47-35(23-30-13-10-9-11-14-30)36(53)27-51(25-31-16-18-34(58-6)19-17-31)49-40(55)38(44(3,4)5)48-42(56)59-7/h9-20,24,28-29,35-38,53H,8,21-23,25-27H2,1-7H3,(H,47,54)(H,48,56)(H,49,55)/t29-,35-,36-,37-,38+/m0/s1. The maximum absolute atomic E-state index is 14.6. The lowest BCUT2D eigenvalue weighted by Crippen LogP contribution is -2.60. The van der Waals surface area contributed by atoms with Crippen LogP contribution in [0.2, 0.25) is 0 Å². The van der Waals surface area contributed by atoms with Gasteiger partial charge in [0.1, 0.15) is 22.8 Å². The number of pyridine rings is 1. The highest BCUT2D eigenvalue weighted by Gasteiger charge is 2.41. The second kappa shape index (κ2) is 21.1. The van der Waals surface area contributed by atoms with E-state index in [1.54, 1.807) is 46.4 Å². The minimum atomic E-state index is -1.21. The van der Waals surface area contributed by atoms with Gasteiger partial charge in [-0.15, -0.1) is 11.3 Å². The van der Waals surface area contributed by atoms with Crippen molar-refractivity contribution < 1.29 is 33.8 Å². The first kappa shape index (κ1) is 45.5. The number of nitrogens with zero attached hydrogens (tertiary/aromatic N) is 5. The monoisotopic (exact) mass is 842 g/mol. The molecule has 60 heavy (non-hydrogen) atoms. The number of aromatic nitrogens is 2. The summed E-state index contributed by atoms with van der Waals surface area (Å²) in [4.78, 5) is 67.1. The van der Waals surface area contributed by atoms with Gasteiger partial charge in [0.25, 0.3) is 5.91 Å². The van der Waals surface area contributed by atoms with Crippen molar-refractivity contribution in [3.05, 3.63) is 101 Å². The quantitative estimate of drug-likeness (QED) is 0.0911. The summed E-state index contributed by atoms with van der Waals surface area (Å²) in [5.41, 5.74) is 5.56. The summed E-state index contributed by atoms with van der Waals surface area (Å²) in [7, 11) is 2.80. The van der Waals surface area contributed by atoms with Gasteiger partial charge in [-0.25, -0.2) is 19.6 Å². The number of carbonyl (C=O) groups excluding carboxylic acids is 4. The number of nitrogens with one attached hydrogen (secondary N) is 3. The van der Waals surface area contributed by atoms with E-state index in [9.17, 15) is 24.3 Å². The molecule has 4 N–H and O–H groups in total. The Balaban J connectivity index is 1.37. The van der Waals surface area contributed by atoms with Crippen molar-refractivity contribution >= 4 is 35.3 Å². The van der Waals surface area contributed by atoms with Gasteiger partial charge in [-0.2, -0.15) is 0 Å². The molecule has 4 aromatic rings. The van der Waals surface area contributed by atoms with Crippen molar-refractivity contribution in [2.45, 2.75) is 84.8 Å². The summed E-state index contributed by atoms with van der Waals surface area (Å²) in [6.45, 7) is 10.5. The zero-order valence-electron chi connectivity index (χ0n) is 35.5. The second-order valence-electron chi connectivity index (χ2n) is 16.1. The normalized spacial score (nSPS) is 15.5. The molecule has 0 radical (unpaired) electrons. The van der Waals surface area contributed by atoms with Crippen LogP contribution in [0.4, 0.5) is 9.59 Å². The van der Waals surface area contributed by atoms with Gasteiger partial charge in [0.2, 0.25) is 5.91 Å². The highest BCUT2D eigenvalue weighted by atomic mass is 32.1. The molecule has 5 rings (SSSR count). The van der Waals surface area contributed by atoms with Crippen LogP contribution in [0.5, 0.6) is 5.75 Å². The fourth-order valence-corrected chi connectivity index (χ4v) is 7.88. The largest absolute Gasteiger partial charge is 0.497 e. The number of hydrogen-bond donors (Lipinski definition) is 4. The summed E-state index contributed by atoms with van der Waals surface area (Å²) >= 11 is 1.49. The van der Waals surface area contributed by atoms with Gasteiger partial charge in [-0.1, -0.05) is 83.5 Å².